The van der Waals surface area contributed by atoms with E-state index in [1.165, 1.54) is 44.9 Å². The van der Waals surface area contributed by atoms with Gasteiger partial charge in [0.05, 0.1) is 6.61 Å². The highest BCUT2D eigenvalue weighted by Crippen LogP contribution is 2.16. The number of unbranched alkanes of at least 4 members (excludes halogenated alkanes) is 8. The fraction of sp³-hybridized carbons (Fsp3) is 0.609. The van der Waals surface area contributed by atoms with Crippen molar-refractivity contribution < 1.29 is 25.8 Å². The largest absolute Gasteiger partial charge is 0.550 e. The summed E-state index contributed by atoms with van der Waals surface area (Å²) in [5.41, 5.74) is 5.43. The van der Waals surface area contributed by atoms with E-state index in [1.807, 2.05) is 24.3 Å². The molecule has 1 rings (SSSR count). The molecule has 5 heteroatoms. The Bertz CT molecular complexity index is 588. The Morgan fingerprint density at radius 2 is 1.71 bits per heavy atom. The van der Waals surface area contributed by atoms with Gasteiger partial charge in [0, 0.05) is 18.0 Å². The number of rotatable bonds is 11. The van der Waals surface area contributed by atoms with Gasteiger partial charge < -0.3 is 25.8 Å². The number of hydrogen-bond donors (Lipinski definition) is 3. The molecule has 5 nitrogen and oxygen atoms in total. The molecule has 0 unspecified atom stereocenters. The maximum absolute atomic E-state index is 10.1. The maximum Gasteiger partial charge on any atom is 0.138 e. The Morgan fingerprint density at radius 1 is 1.14 bits per heavy atom. The third kappa shape index (κ3) is 14.2. The van der Waals surface area contributed by atoms with Gasteiger partial charge in [0.15, 0.2) is 0 Å². The average Bonchev–Trinajstić information content (AvgIpc) is 2.68. The molecule has 0 aliphatic heterocycles. The van der Waals surface area contributed by atoms with E-state index in [1.54, 1.807) is 0 Å². The standard InChI is InChI=1S/C21H33NO2.C2H4O2/c1-2-3-4-5-6-7-8-9-10-11-13-18-14-12-15-19(16-18)21(24)20(22)17-23;1-2(3)4/h12,14-16,20-21,23-24H,2-10,17,22H2,1H3;1H3,(H,3,4)/t20-,21+;/m0./s1. The number of carbonyl (C=O) groups is 1. The summed E-state index contributed by atoms with van der Waals surface area (Å²) >= 11 is 0. The molecule has 0 amide bonds. The minimum Gasteiger partial charge on any atom is -0.550 e. The minimum atomic E-state index is -1.08. The van der Waals surface area contributed by atoms with Crippen molar-refractivity contribution in [1.82, 2.24) is 0 Å². The molecule has 0 saturated heterocycles. The predicted molar refractivity (Wildman–Crippen MR) is 110 cm³/mol. The van der Waals surface area contributed by atoms with Crippen LogP contribution in [0.5, 0.6) is 0 Å². The summed E-state index contributed by atoms with van der Waals surface area (Å²) in [6, 6.07) is 7.17. The molecule has 0 fully saturated rings. The van der Waals surface area contributed by atoms with Gasteiger partial charge in [-0.15, -0.1) is 0 Å². The van der Waals surface area contributed by atoms with Crippen LogP contribution in [0.4, 0.5) is 0 Å². The summed E-state index contributed by atoms with van der Waals surface area (Å²) < 4.78 is 0. The Kier molecular flexibility index (Phi) is 16.1. The van der Waals surface area contributed by atoms with Crippen molar-refractivity contribution in [3.8, 4) is 11.8 Å². The number of aliphatic carboxylic acids is 1. The van der Waals surface area contributed by atoms with E-state index in [0.29, 0.717) is 0 Å². The second-order valence-corrected chi connectivity index (χ2v) is 7.03. The molecule has 0 heterocycles. The normalized spacial score (nSPS) is 12.2. The molecule has 0 radical (unpaired) electrons. The first-order valence-electron chi connectivity index (χ1n) is 10.3. The van der Waals surface area contributed by atoms with Crippen LogP contribution in [0, 0.1) is 11.8 Å². The van der Waals surface area contributed by atoms with Crippen molar-refractivity contribution in [3.05, 3.63) is 35.4 Å². The van der Waals surface area contributed by atoms with Crippen LogP contribution in [0.25, 0.3) is 0 Å². The van der Waals surface area contributed by atoms with E-state index in [2.05, 4.69) is 24.5 Å². The minimum absolute atomic E-state index is 0.129. The molecule has 0 bridgehead atoms. The fourth-order valence-electron chi connectivity index (χ4n) is 2.68. The highest BCUT2D eigenvalue weighted by atomic mass is 16.4. The van der Waals surface area contributed by atoms with Crippen molar-refractivity contribution in [1.29, 1.82) is 0 Å². The van der Waals surface area contributed by atoms with Gasteiger partial charge in [0.1, 0.15) is 12.1 Å². The number of aliphatic hydroxyl groups is 2. The first-order chi connectivity index (χ1) is 13.4. The molecule has 0 aromatic heterocycles. The highest BCUT2D eigenvalue weighted by Gasteiger charge is 2.19. The fourth-order valence-corrected chi connectivity index (χ4v) is 2.68. The first kappa shape index (κ1) is 26.1. The van der Waals surface area contributed by atoms with Crippen LogP contribution >= 0.6 is 0 Å². The molecule has 0 spiro atoms. The van der Waals surface area contributed by atoms with Gasteiger partial charge in [0.2, 0.25) is 0 Å². The van der Waals surface area contributed by atoms with Gasteiger partial charge in [-0.25, -0.2) is 0 Å². The number of aliphatic hydroxyl groups excluding tert-OH is 2. The lowest BCUT2D eigenvalue weighted by atomic mass is 10.0. The van der Waals surface area contributed by atoms with Gasteiger partial charge in [-0.2, -0.15) is 0 Å². The third-order valence-corrected chi connectivity index (χ3v) is 4.30. The van der Waals surface area contributed by atoms with E-state index < -0.39 is 18.1 Å². The Balaban J connectivity index is 0.00000165. The van der Waals surface area contributed by atoms with E-state index in [0.717, 1.165) is 30.9 Å². The van der Waals surface area contributed by atoms with Crippen LogP contribution in [0.15, 0.2) is 24.3 Å². The third-order valence-electron chi connectivity index (χ3n) is 4.30. The number of quaternary nitrogens is 1. The van der Waals surface area contributed by atoms with Gasteiger partial charge in [-0.3, -0.25) is 0 Å². The van der Waals surface area contributed by atoms with Crippen LogP contribution < -0.4 is 10.8 Å². The summed E-state index contributed by atoms with van der Waals surface area (Å²) in [6.45, 7) is 3.09. The molecule has 1 aromatic carbocycles. The summed E-state index contributed by atoms with van der Waals surface area (Å²) in [5.74, 6) is 5.31. The summed E-state index contributed by atoms with van der Waals surface area (Å²) in [7, 11) is 0. The number of carboxylic acid groups (broad SMARTS) is 1. The molecule has 158 valence electrons. The second-order valence-electron chi connectivity index (χ2n) is 7.03. The zero-order chi connectivity index (χ0) is 21.2. The molecular weight excluding hydrogens is 354 g/mol. The monoisotopic (exact) mass is 391 g/mol. The molecular formula is C23H37NO4. The lowest BCUT2D eigenvalue weighted by Gasteiger charge is -2.14. The summed E-state index contributed by atoms with van der Waals surface area (Å²) in [4.78, 5) is 8.89. The number of carboxylic acids is 1. The van der Waals surface area contributed by atoms with E-state index in [-0.39, 0.29) is 6.61 Å². The average molecular weight is 392 g/mol. The Morgan fingerprint density at radius 3 is 2.29 bits per heavy atom. The molecule has 0 aliphatic carbocycles. The van der Waals surface area contributed by atoms with Crippen molar-refractivity contribution in [2.45, 2.75) is 83.8 Å². The Hall–Kier alpha value is -1.87. The van der Waals surface area contributed by atoms with Crippen LogP contribution in [0.3, 0.4) is 0 Å². The smallest absolute Gasteiger partial charge is 0.138 e. The Labute approximate surface area is 170 Å². The first-order valence-corrected chi connectivity index (χ1v) is 10.3. The van der Waals surface area contributed by atoms with Gasteiger partial charge in [-0.1, -0.05) is 75.8 Å². The van der Waals surface area contributed by atoms with Crippen molar-refractivity contribution in [2.24, 2.45) is 0 Å². The van der Waals surface area contributed by atoms with Crippen LogP contribution in [-0.4, -0.2) is 28.8 Å². The van der Waals surface area contributed by atoms with Gasteiger partial charge in [0.25, 0.3) is 0 Å². The molecule has 2 atom stereocenters. The van der Waals surface area contributed by atoms with E-state index >= 15 is 0 Å². The lowest BCUT2D eigenvalue weighted by molar-refractivity contribution is -0.444. The number of hydrogen-bond acceptors (Lipinski definition) is 4. The quantitative estimate of drug-likeness (QED) is 0.396. The molecule has 0 saturated carbocycles. The van der Waals surface area contributed by atoms with Crippen LogP contribution in [0.1, 0.15) is 88.9 Å². The maximum atomic E-state index is 10.1. The van der Waals surface area contributed by atoms with Crippen molar-refractivity contribution in [3.63, 3.8) is 0 Å². The zero-order valence-electron chi connectivity index (χ0n) is 17.5. The number of carbonyl (C=O) groups excluding carboxylic acids is 1. The number of benzene rings is 1. The van der Waals surface area contributed by atoms with Crippen LogP contribution in [0.2, 0.25) is 0 Å². The molecule has 5 N–H and O–H groups in total. The predicted octanol–water partition coefficient (Wildman–Crippen LogP) is 1.96. The van der Waals surface area contributed by atoms with E-state index in [4.69, 9.17) is 15.0 Å². The zero-order valence-corrected chi connectivity index (χ0v) is 17.5. The van der Waals surface area contributed by atoms with Crippen molar-refractivity contribution >= 4 is 5.97 Å². The summed E-state index contributed by atoms with van der Waals surface area (Å²) in [6.07, 6.45) is 10.7. The van der Waals surface area contributed by atoms with Gasteiger partial charge >= 0.3 is 0 Å². The molecule has 28 heavy (non-hydrogen) atoms. The van der Waals surface area contributed by atoms with Crippen LogP contribution in [-0.2, 0) is 4.79 Å². The van der Waals surface area contributed by atoms with E-state index in [9.17, 15) is 5.11 Å². The molecule has 1 aromatic rings. The van der Waals surface area contributed by atoms with Crippen molar-refractivity contribution in [2.75, 3.05) is 6.61 Å². The second kappa shape index (κ2) is 17.2. The lowest BCUT2D eigenvalue weighted by Crippen LogP contribution is -2.65. The SMILES string of the molecule is CC(=O)[O-].CCCCCCCCCCC#Cc1cccc([C@@H](O)[C@@H]([NH3+])CO)c1. The summed E-state index contributed by atoms with van der Waals surface area (Å²) in [5, 5.41) is 28.1. The molecule has 0 aliphatic rings. The van der Waals surface area contributed by atoms with Gasteiger partial charge in [-0.05, 0) is 31.0 Å². The topological polar surface area (TPSA) is 108 Å². The highest BCUT2D eigenvalue weighted by molar-refractivity contribution is 5.60.